The Hall–Kier alpha value is -2.30. The number of nitrogens with zero attached hydrogens (tertiary/aromatic N) is 3. The summed E-state index contributed by atoms with van der Waals surface area (Å²) in [4.78, 5) is 2.24. The molecule has 2 aromatic rings. The summed E-state index contributed by atoms with van der Waals surface area (Å²) in [6.45, 7) is 6.47. The van der Waals surface area contributed by atoms with Gasteiger partial charge in [-0.1, -0.05) is 18.2 Å². The summed E-state index contributed by atoms with van der Waals surface area (Å²) < 4.78 is 2.03. The van der Waals surface area contributed by atoms with Gasteiger partial charge in [-0.15, -0.1) is 0 Å². The van der Waals surface area contributed by atoms with Gasteiger partial charge in [0.1, 0.15) is 0 Å². The van der Waals surface area contributed by atoms with E-state index in [1.807, 2.05) is 29.8 Å². The third-order valence-electron chi connectivity index (χ3n) is 3.41. The minimum Gasteiger partial charge on any atom is -0.388 e. The molecule has 1 aromatic carbocycles. The second-order valence-corrected chi connectivity index (χ2v) is 5.13. The zero-order chi connectivity index (χ0) is 15.2. The standard InChI is InChI=1S/C16H23N5/c1-3-21-15(11-13(2)19-21)12-20(10-9-16(17)18)14-7-5-4-6-8-14/h4-8,11H,3,9-10,12H2,1-2H3,(H3,17,18). The second kappa shape index (κ2) is 6.92. The second-order valence-electron chi connectivity index (χ2n) is 5.13. The van der Waals surface area contributed by atoms with Gasteiger partial charge in [0.25, 0.3) is 0 Å². The smallest absolute Gasteiger partial charge is 0.0923 e. The highest BCUT2D eigenvalue weighted by molar-refractivity contribution is 5.77. The third kappa shape index (κ3) is 4.08. The van der Waals surface area contributed by atoms with Gasteiger partial charge < -0.3 is 10.6 Å². The maximum atomic E-state index is 7.45. The van der Waals surface area contributed by atoms with Crippen molar-refractivity contribution in [1.82, 2.24) is 9.78 Å². The molecule has 0 saturated heterocycles. The fourth-order valence-corrected chi connectivity index (χ4v) is 2.39. The number of para-hydroxylation sites is 1. The van der Waals surface area contributed by atoms with Crippen molar-refractivity contribution < 1.29 is 0 Å². The van der Waals surface area contributed by atoms with Crippen molar-refractivity contribution in [2.45, 2.75) is 33.4 Å². The minimum absolute atomic E-state index is 0.219. The molecule has 3 N–H and O–H groups in total. The van der Waals surface area contributed by atoms with Crippen LogP contribution in [0.1, 0.15) is 24.7 Å². The molecule has 2 rings (SSSR count). The SMILES string of the molecule is CCn1nc(C)cc1CN(CCC(=N)N)c1ccccc1. The molecule has 0 saturated carbocycles. The Kier molecular flexibility index (Phi) is 4.98. The van der Waals surface area contributed by atoms with Gasteiger partial charge in [0, 0.05) is 25.2 Å². The van der Waals surface area contributed by atoms with E-state index in [1.165, 1.54) is 5.69 Å². The maximum absolute atomic E-state index is 7.45. The largest absolute Gasteiger partial charge is 0.388 e. The summed E-state index contributed by atoms with van der Waals surface area (Å²) in [7, 11) is 0. The Morgan fingerprint density at radius 3 is 2.67 bits per heavy atom. The number of hydrogen-bond donors (Lipinski definition) is 2. The first-order valence-corrected chi connectivity index (χ1v) is 7.26. The van der Waals surface area contributed by atoms with Crippen LogP contribution in [0.4, 0.5) is 5.69 Å². The molecule has 0 unspecified atom stereocenters. The monoisotopic (exact) mass is 285 g/mol. The number of amidine groups is 1. The molecule has 0 aliphatic rings. The molecule has 5 heteroatoms. The first-order chi connectivity index (χ1) is 10.1. The third-order valence-corrected chi connectivity index (χ3v) is 3.41. The van der Waals surface area contributed by atoms with Gasteiger partial charge >= 0.3 is 0 Å². The minimum atomic E-state index is 0.219. The Balaban J connectivity index is 2.20. The van der Waals surface area contributed by atoms with Crippen LogP contribution >= 0.6 is 0 Å². The van der Waals surface area contributed by atoms with Crippen LogP contribution in [0.3, 0.4) is 0 Å². The van der Waals surface area contributed by atoms with Gasteiger partial charge in [-0.3, -0.25) is 10.1 Å². The average molecular weight is 285 g/mol. The lowest BCUT2D eigenvalue weighted by Crippen LogP contribution is -2.28. The summed E-state index contributed by atoms with van der Waals surface area (Å²) in [6, 6.07) is 12.3. The van der Waals surface area contributed by atoms with E-state index in [1.54, 1.807) is 0 Å². The van der Waals surface area contributed by atoms with Gasteiger partial charge in [0.05, 0.1) is 23.8 Å². The van der Waals surface area contributed by atoms with E-state index >= 15 is 0 Å². The van der Waals surface area contributed by atoms with Crippen molar-refractivity contribution in [2.24, 2.45) is 5.73 Å². The molecule has 0 bridgehead atoms. The molecule has 1 aromatic heterocycles. The number of hydrogen-bond acceptors (Lipinski definition) is 3. The van der Waals surface area contributed by atoms with Crippen LogP contribution in [0.25, 0.3) is 0 Å². The van der Waals surface area contributed by atoms with Crippen molar-refractivity contribution in [1.29, 1.82) is 5.41 Å². The van der Waals surface area contributed by atoms with E-state index in [0.29, 0.717) is 6.42 Å². The summed E-state index contributed by atoms with van der Waals surface area (Å²) in [5.74, 6) is 0.219. The quantitative estimate of drug-likeness (QED) is 0.606. The van der Waals surface area contributed by atoms with Crippen LogP contribution in [0.5, 0.6) is 0 Å². The zero-order valence-electron chi connectivity index (χ0n) is 12.7. The van der Waals surface area contributed by atoms with Crippen LogP contribution < -0.4 is 10.6 Å². The Bertz CT molecular complexity index is 588. The maximum Gasteiger partial charge on any atom is 0.0923 e. The number of anilines is 1. The van der Waals surface area contributed by atoms with Crippen LogP contribution in [0.2, 0.25) is 0 Å². The van der Waals surface area contributed by atoms with Crippen LogP contribution in [0, 0.1) is 12.3 Å². The van der Waals surface area contributed by atoms with E-state index in [2.05, 4.69) is 35.1 Å². The summed E-state index contributed by atoms with van der Waals surface area (Å²) in [5.41, 5.74) is 8.87. The van der Waals surface area contributed by atoms with E-state index in [4.69, 9.17) is 11.1 Å². The van der Waals surface area contributed by atoms with Crippen molar-refractivity contribution in [3.63, 3.8) is 0 Å². The lowest BCUT2D eigenvalue weighted by atomic mass is 10.2. The number of benzene rings is 1. The van der Waals surface area contributed by atoms with Crippen molar-refractivity contribution >= 4 is 11.5 Å². The Morgan fingerprint density at radius 1 is 1.33 bits per heavy atom. The van der Waals surface area contributed by atoms with E-state index < -0.39 is 0 Å². The molecule has 0 fully saturated rings. The number of aryl methyl sites for hydroxylation is 2. The molecule has 0 aliphatic carbocycles. The molecule has 0 amide bonds. The Labute approximate surface area is 125 Å². The van der Waals surface area contributed by atoms with Crippen LogP contribution in [0.15, 0.2) is 36.4 Å². The molecule has 112 valence electrons. The predicted octanol–water partition coefficient (Wildman–Crippen LogP) is 2.54. The van der Waals surface area contributed by atoms with Crippen molar-refractivity contribution in [2.75, 3.05) is 11.4 Å². The fraction of sp³-hybridized carbons (Fsp3) is 0.375. The molecule has 0 spiro atoms. The van der Waals surface area contributed by atoms with E-state index in [9.17, 15) is 0 Å². The summed E-state index contributed by atoms with van der Waals surface area (Å²) >= 11 is 0. The molecule has 21 heavy (non-hydrogen) atoms. The highest BCUT2D eigenvalue weighted by Crippen LogP contribution is 2.17. The molecular weight excluding hydrogens is 262 g/mol. The highest BCUT2D eigenvalue weighted by atomic mass is 15.3. The first kappa shape index (κ1) is 15.1. The molecule has 5 nitrogen and oxygen atoms in total. The van der Waals surface area contributed by atoms with Gasteiger partial charge in [0.2, 0.25) is 0 Å². The fourth-order valence-electron chi connectivity index (χ4n) is 2.39. The van der Waals surface area contributed by atoms with Gasteiger partial charge in [-0.2, -0.15) is 5.10 Å². The molecule has 1 heterocycles. The summed E-state index contributed by atoms with van der Waals surface area (Å²) in [6.07, 6.45) is 0.564. The Morgan fingerprint density at radius 2 is 2.05 bits per heavy atom. The van der Waals surface area contributed by atoms with Gasteiger partial charge in [0.15, 0.2) is 0 Å². The number of aromatic nitrogens is 2. The zero-order valence-corrected chi connectivity index (χ0v) is 12.7. The normalized spacial score (nSPS) is 10.6. The number of rotatable bonds is 7. The van der Waals surface area contributed by atoms with Crippen molar-refractivity contribution in [3.05, 3.63) is 47.8 Å². The van der Waals surface area contributed by atoms with Crippen LogP contribution in [-0.4, -0.2) is 22.2 Å². The molecular formula is C16H23N5. The molecule has 0 atom stereocenters. The van der Waals surface area contributed by atoms with Crippen molar-refractivity contribution in [3.8, 4) is 0 Å². The number of nitrogens with two attached hydrogens (primary N) is 1. The van der Waals surface area contributed by atoms with Gasteiger partial charge in [-0.25, -0.2) is 0 Å². The topological polar surface area (TPSA) is 70.9 Å². The van der Waals surface area contributed by atoms with Gasteiger partial charge in [-0.05, 0) is 32.0 Å². The lowest BCUT2D eigenvalue weighted by Gasteiger charge is -2.25. The predicted molar refractivity (Wildman–Crippen MR) is 86.7 cm³/mol. The lowest BCUT2D eigenvalue weighted by molar-refractivity contribution is 0.606. The van der Waals surface area contributed by atoms with E-state index in [0.717, 1.165) is 31.0 Å². The molecule has 0 aliphatic heterocycles. The first-order valence-electron chi connectivity index (χ1n) is 7.26. The molecule has 0 radical (unpaired) electrons. The number of nitrogens with one attached hydrogen (secondary N) is 1. The van der Waals surface area contributed by atoms with E-state index in [-0.39, 0.29) is 5.84 Å². The highest BCUT2D eigenvalue weighted by Gasteiger charge is 2.11. The average Bonchev–Trinajstić information content (AvgIpc) is 2.84. The summed E-state index contributed by atoms with van der Waals surface area (Å²) in [5, 5.41) is 11.9. The van der Waals surface area contributed by atoms with Crippen LogP contribution in [-0.2, 0) is 13.1 Å².